The molecule has 3 rings (SSSR count). The van der Waals surface area contributed by atoms with Crippen molar-refractivity contribution in [3.8, 4) is 0 Å². The van der Waals surface area contributed by atoms with Crippen molar-refractivity contribution in [2.24, 2.45) is 0 Å². The van der Waals surface area contributed by atoms with Crippen molar-refractivity contribution >= 4 is 34.1 Å². The fourth-order valence-electron chi connectivity index (χ4n) is 2.69. The summed E-state index contributed by atoms with van der Waals surface area (Å²) in [6, 6.07) is 13.2. The van der Waals surface area contributed by atoms with Crippen molar-refractivity contribution in [1.29, 1.82) is 0 Å². The molecule has 6 heteroatoms. The summed E-state index contributed by atoms with van der Waals surface area (Å²) in [5, 5.41) is 3.39. The van der Waals surface area contributed by atoms with Gasteiger partial charge < -0.3 is 11.1 Å². The first-order valence-corrected chi connectivity index (χ1v) is 7.71. The van der Waals surface area contributed by atoms with E-state index in [0.29, 0.717) is 28.0 Å². The topological polar surface area (TPSA) is 94.2 Å². The molecule has 126 valence electrons. The molecule has 1 amide bonds. The predicted octanol–water partition coefficient (Wildman–Crippen LogP) is 2.54. The molecule has 0 fully saturated rings. The Hall–Kier alpha value is -3.41. The molecule has 3 N–H and O–H groups in total. The van der Waals surface area contributed by atoms with E-state index < -0.39 is 5.91 Å². The van der Waals surface area contributed by atoms with Crippen LogP contribution in [0.15, 0.2) is 53.3 Å². The van der Waals surface area contributed by atoms with E-state index in [9.17, 15) is 14.4 Å². The number of hydrogen-bond acceptors (Lipinski definition) is 4. The number of hydrogen-bond donors (Lipinski definition) is 2. The summed E-state index contributed by atoms with van der Waals surface area (Å²) in [5.74, 6) is -0.644. The van der Waals surface area contributed by atoms with Gasteiger partial charge in [-0.1, -0.05) is 6.07 Å². The Bertz CT molecular complexity index is 1050. The molecule has 6 nitrogen and oxygen atoms in total. The van der Waals surface area contributed by atoms with Gasteiger partial charge in [0.15, 0.2) is 0 Å². The molecule has 1 aromatic heterocycles. The Morgan fingerprint density at radius 3 is 2.36 bits per heavy atom. The van der Waals surface area contributed by atoms with Crippen LogP contribution >= 0.6 is 0 Å². The summed E-state index contributed by atoms with van der Waals surface area (Å²) in [4.78, 5) is 36.6. The Morgan fingerprint density at radius 1 is 1.04 bits per heavy atom. The molecule has 3 aromatic rings. The molecule has 0 radical (unpaired) electrons. The molecule has 0 aliphatic rings. The summed E-state index contributed by atoms with van der Waals surface area (Å²) >= 11 is 0. The van der Waals surface area contributed by atoms with Crippen LogP contribution in [0.1, 0.15) is 22.8 Å². The van der Waals surface area contributed by atoms with Gasteiger partial charge in [-0.05, 0) is 54.8 Å². The van der Waals surface area contributed by atoms with E-state index >= 15 is 0 Å². The van der Waals surface area contributed by atoms with Crippen molar-refractivity contribution in [2.45, 2.75) is 13.8 Å². The number of aromatic nitrogens is 1. The average Bonchev–Trinajstić information content (AvgIpc) is 2.56. The quantitative estimate of drug-likeness (QED) is 0.704. The zero-order valence-electron chi connectivity index (χ0n) is 13.9. The van der Waals surface area contributed by atoms with Crippen LogP contribution < -0.4 is 16.6 Å². The number of pyridine rings is 1. The molecule has 0 atom stereocenters. The van der Waals surface area contributed by atoms with Crippen LogP contribution in [-0.4, -0.2) is 16.4 Å². The molecular weight excluding hydrogens is 318 g/mol. The van der Waals surface area contributed by atoms with Crippen LogP contribution in [0.25, 0.3) is 10.9 Å². The number of benzene rings is 2. The van der Waals surface area contributed by atoms with Gasteiger partial charge in [-0.25, -0.2) is 4.57 Å². The highest BCUT2D eigenvalue weighted by molar-refractivity contribution is 6.02. The third-order valence-electron chi connectivity index (χ3n) is 3.86. The minimum Gasteiger partial charge on any atom is -0.399 e. The summed E-state index contributed by atoms with van der Waals surface area (Å²) in [6.45, 7) is 3.07. The normalized spacial score (nSPS) is 10.6. The van der Waals surface area contributed by atoms with Gasteiger partial charge in [0.05, 0.1) is 5.52 Å². The molecule has 0 saturated heterocycles. The molecule has 0 aliphatic heterocycles. The maximum absolute atomic E-state index is 12.9. The zero-order valence-corrected chi connectivity index (χ0v) is 13.9. The molecule has 0 saturated carbocycles. The monoisotopic (exact) mass is 335 g/mol. The van der Waals surface area contributed by atoms with Crippen molar-refractivity contribution < 1.29 is 9.59 Å². The standard InChI is InChI=1S/C19H17N3O3/c1-11-9-14-3-6-15(20)10-17(14)22(18(11)24)19(25)13-4-7-16(8-5-13)21-12(2)23/h3-10H,20H2,1-2H3,(H,21,23). The third kappa shape index (κ3) is 3.14. The number of nitrogens with two attached hydrogens (primary N) is 1. The van der Waals surface area contributed by atoms with Crippen LogP contribution in [-0.2, 0) is 4.79 Å². The first kappa shape index (κ1) is 16.4. The summed E-state index contributed by atoms with van der Waals surface area (Å²) < 4.78 is 1.13. The second-order valence-corrected chi connectivity index (χ2v) is 5.85. The van der Waals surface area contributed by atoms with E-state index in [4.69, 9.17) is 5.73 Å². The first-order chi connectivity index (χ1) is 11.9. The van der Waals surface area contributed by atoms with E-state index in [1.165, 1.54) is 6.92 Å². The van der Waals surface area contributed by atoms with Crippen molar-refractivity contribution in [3.63, 3.8) is 0 Å². The van der Waals surface area contributed by atoms with E-state index in [-0.39, 0.29) is 11.5 Å². The zero-order chi connectivity index (χ0) is 18.1. The summed E-state index contributed by atoms with van der Waals surface area (Å²) in [7, 11) is 0. The first-order valence-electron chi connectivity index (χ1n) is 7.71. The van der Waals surface area contributed by atoms with Gasteiger partial charge >= 0.3 is 0 Å². The third-order valence-corrected chi connectivity index (χ3v) is 3.86. The Kier molecular flexibility index (Phi) is 4.10. The number of carbonyl (C=O) groups is 2. The van der Waals surface area contributed by atoms with E-state index in [0.717, 1.165) is 9.95 Å². The highest BCUT2D eigenvalue weighted by Crippen LogP contribution is 2.19. The minimum absolute atomic E-state index is 0.199. The van der Waals surface area contributed by atoms with E-state index in [2.05, 4.69) is 5.32 Å². The van der Waals surface area contributed by atoms with Gasteiger partial charge in [-0.15, -0.1) is 0 Å². The number of nitrogens with one attached hydrogen (secondary N) is 1. The maximum Gasteiger partial charge on any atom is 0.265 e. The Morgan fingerprint density at radius 2 is 1.72 bits per heavy atom. The fraction of sp³-hybridized carbons (Fsp3) is 0.105. The molecule has 0 spiro atoms. The number of carbonyl (C=O) groups excluding carboxylic acids is 2. The van der Waals surface area contributed by atoms with Crippen LogP contribution in [0.3, 0.4) is 0 Å². The van der Waals surface area contributed by atoms with Crippen molar-refractivity contribution in [3.05, 3.63) is 70.0 Å². The van der Waals surface area contributed by atoms with Crippen LogP contribution in [0.5, 0.6) is 0 Å². The highest BCUT2D eigenvalue weighted by atomic mass is 16.2. The van der Waals surface area contributed by atoms with Gasteiger partial charge in [0, 0.05) is 29.4 Å². The van der Waals surface area contributed by atoms with E-state index in [1.807, 2.05) is 0 Å². The molecule has 2 aromatic carbocycles. The number of anilines is 2. The molecule has 1 heterocycles. The number of fused-ring (bicyclic) bond motifs is 1. The second kappa shape index (κ2) is 6.24. The van der Waals surface area contributed by atoms with E-state index in [1.54, 1.807) is 55.5 Å². The number of aryl methyl sites for hydroxylation is 1. The van der Waals surface area contributed by atoms with Crippen LogP contribution in [0.4, 0.5) is 11.4 Å². The van der Waals surface area contributed by atoms with Crippen LogP contribution in [0.2, 0.25) is 0 Å². The lowest BCUT2D eigenvalue weighted by atomic mass is 10.1. The lowest BCUT2D eigenvalue weighted by molar-refractivity contribution is -0.114. The molecule has 25 heavy (non-hydrogen) atoms. The van der Waals surface area contributed by atoms with Gasteiger partial charge in [-0.2, -0.15) is 0 Å². The number of nitrogen functional groups attached to an aromatic ring is 1. The fourth-order valence-corrected chi connectivity index (χ4v) is 2.69. The lowest BCUT2D eigenvalue weighted by Gasteiger charge is -2.11. The van der Waals surface area contributed by atoms with Gasteiger partial charge in [0.2, 0.25) is 5.91 Å². The van der Waals surface area contributed by atoms with Crippen molar-refractivity contribution in [2.75, 3.05) is 11.1 Å². The Balaban J connectivity index is 2.13. The molecular formula is C19H17N3O3. The maximum atomic E-state index is 12.9. The minimum atomic E-state index is -0.446. The average molecular weight is 335 g/mol. The highest BCUT2D eigenvalue weighted by Gasteiger charge is 2.16. The number of amides is 1. The predicted molar refractivity (Wildman–Crippen MR) is 97.8 cm³/mol. The second-order valence-electron chi connectivity index (χ2n) is 5.85. The summed E-state index contributed by atoms with van der Waals surface area (Å²) in [6.07, 6.45) is 0. The summed E-state index contributed by atoms with van der Waals surface area (Å²) in [5.41, 5.74) is 7.76. The number of rotatable bonds is 2. The lowest BCUT2D eigenvalue weighted by Crippen LogP contribution is -2.29. The SMILES string of the molecule is CC(=O)Nc1ccc(C(=O)n2c(=O)c(C)cc3ccc(N)cc32)cc1. The van der Waals surface area contributed by atoms with Gasteiger partial charge in [-0.3, -0.25) is 14.4 Å². The van der Waals surface area contributed by atoms with Gasteiger partial charge in [0.25, 0.3) is 11.5 Å². The Labute approximate surface area is 143 Å². The molecule has 0 aliphatic carbocycles. The smallest absolute Gasteiger partial charge is 0.265 e. The molecule has 0 bridgehead atoms. The van der Waals surface area contributed by atoms with Crippen LogP contribution in [0, 0.1) is 6.92 Å². The molecule has 0 unspecified atom stereocenters. The van der Waals surface area contributed by atoms with Crippen molar-refractivity contribution in [1.82, 2.24) is 4.57 Å². The van der Waals surface area contributed by atoms with Gasteiger partial charge in [0.1, 0.15) is 0 Å². The largest absolute Gasteiger partial charge is 0.399 e. The number of nitrogens with zero attached hydrogens (tertiary/aromatic N) is 1.